The van der Waals surface area contributed by atoms with E-state index in [1.165, 1.54) is 0 Å². The van der Waals surface area contributed by atoms with Gasteiger partial charge in [0.2, 0.25) is 0 Å². The summed E-state index contributed by atoms with van der Waals surface area (Å²) in [6, 6.07) is -1.42. The zero-order chi connectivity index (χ0) is 11.1. The van der Waals surface area contributed by atoms with Gasteiger partial charge in [-0.05, 0) is 0 Å². The number of nitrogens with one attached hydrogen (secondary N) is 1. The zero-order valence-electron chi connectivity index (χ0n) is 9.69. The van der Waals surface area contributed by atoms with E-state index in [-0.39, 0.29) is 77.6 Å². The number of carbonyl (C=O) groups excluding carboxylic acids is 2. The van der Waals surface area contributed by atoms with E-state index in [9.17, 15) is 24.6 Å². The Morgan fingerprint density at radius 1 is 1.18 bits per heavy atom. The largest absolute Gasteiger partial charge is 1.00 e. The van der Waals surface area contributed by atoms with E-state index in [2.05, 4.69) is 5.32 Å². The Balaban J connectivity index is -0.000000282. The molecule has 0 amide bonds. The van der Waals surface area contributed by atoms with E-state index in [0.29, 0.717) is 0 Å². The minimum absolute atomic E-state index is 0. The molecule has 17 heavy (non-hydrogen) atoms. The van der Waals surface area contributed by atoms with Gasteiger partial charge in [-0.3, -0.25) is 4.79 Å². The molecule has 0 aromatic carbocycles. The van der Waals surface area contributed by atoms with E-state index in [1.54, 1.807) is 0 Å². The first-order valence-corrected chi connectivity index (χ1v) is 3.79. The van der Waals surface area contributed by atoms with Crippen LogP contribution in [0, 0.1) is 0 Å². The molecule has 0 rings (SSSR count). The Morgan fingerprint density at radius 2 is 1.65 bits per heavy atom. The summed E-state index contributed by atoms with van der Waals surface area (Å²) >= 11 is 0. The third-order valence-electron chi connectivity index (χ3n) is 1.38. The van der Waals surface area contributed by atoms with Gasteiger partial charge >= 0.3 is 65.1 Å². The van der Waals surface area contributed by atoms with Crippen molar-refractivity contribution in [3.05, 3.63) is 0 Å². The van der Waals surface area contributed by atoms with Gasteiger partial charge in [-0.25, -0.2) is 0 Å². The maximum absolute atomic E-state index is 10.3. The minimum atomic E-state index is -1.60. The molecule has 0 heterocycles. The molecule has 8 nitrogen and oxygen atoms in total. The summed E-state index contributed by atoms with van der Waals surface area (Å²) < 4.78 is 0. The monoisotopic (exact) mass is 267 g/mol. The average molecular weight is 267 g/mol. The van der Waals surface area contributed by atoms with Gasteiger partial charge < -0.3 is 35.7 Å². The molecule has 0 aliphatic carbocycles. The van der Waals surface area contributed by atoms with Crippen molar-refractivity contribution in [1.82, 2.24) is 5.32 Å². The van der Waals surface area contributed by atoms with Crippen molar-refractivity contribution in [2.75, 3.05) is 6.54 Å². The molecule has 0 radical (unpaired) electrons. The first-order chi connectivity index (χ1) is 6.43. The van der Waals surface area contributed by atoms with E-state index in [0.717, 1.165) is 0 Å². The smallest absolute Gasteiger partial charge is 0.550 e. The fraction of sp³-hybridized carbons (Fsp3) is 0.571. The van der Waals surface area contributed by atoms with Crippen LogP contribution in [0.25, 0.3) is 0 Å². The van der Waals surface area contributed by atoms with Crippen LogP contribution in [-0.4, -0.2) is 41.1 Å². The molecule has 0 aliphatic heterocycles. The molecule has 1 atom stereocenters. The number of aliphatic carboxylic acids is 3. The molecule has 0 aliphatic rings. The van der Waals surface area contributed by atoms with Crippen LogP contribution in [0.1, 0.15) is 12.8 Å². The standard InChI is InChI=1S/C7H11NO6.2Na.H2O/c9-5(10)1-2-8-4(7(13)14)3-6(11)12;;;/h4,8H,1-3H2,(H,9,10)(H,11,12)(H,13,14);;;1H2/q;2*+1;/p-2/t4-;;;/m0.../s1. The van der Waals surface area contributed by atoms with Crippen LogP contribution in [0.4, 0.5) is 0 Å². The van der Waals surface area contributed by atoms with Gasteiger partial charge in [-0.2, -0.15) is 0 Å². The molecular weight excluding hydrogens is 256 g/mol. The molecule has 0 unspecified atom stereocenters. The molecule has 0 saturated heterocycles. The van der Waals surface area contributed by atoms with E-state index in [1.807, 2.05) is 0 Å². The third-order valence-corrected chi connectivity index (χ3v) is 1.38. The van der Waals surface area contributed by atoms with Crippen molar-refractivity contribution in [1.29, 1.82) is 0 Å². The average Bonchev–Trinajstić information content (AvgIpc) is 2.00. The fourth-order valence-corrected chi connectivity index (χ4v) is 0.759. The molecular formula is C7H11NNa2O7. The maximum Gasteiger partial charge on any atom is 1.00 e. The first-order valence-electron chi connectivity index (χ1n) is 3.79. The molecule has 0 aromatic heterocycles. The minimum Gasteiger partial charge on any atom is -0.550 e. The molecule has 0 aromatic rings. The zero-order valence-corrected chi connectivity index (χ0v) is 13.7. The van der Waals surface area contributed by atoms with Crippen molar-refractivity contribution in [2.24, 2.45) is 0 Å². The summed E-state index contributed by atoms with van der Waals surface area (Å²) in [4.78, 5) is 30.4. The van der Waals surface area contributed by atoms with Crippen LogP contribution < -0.4 is 74.6 Å². The van der Waals surface area contributed by atoms with Gasteiger partial charge in [0.15, 0.2) is 0 Å². The number of carboxylic acids is 3. The summed E-state index contributed by atoms with van der Waals surface area (Å²) in [5.74, 6) is -4.25. The second-order valence-electron chi connectivity index (χ2n) is 2.55. The van der Waals surface area contributed by atoms with Crippen LogP contribution in [0.3, 0.4) is 0 Å². The third kappa shape index (κ3) is 16.3. The van der Waals surface area contributed by atoms with Gasteiger partial charge in [0.05, 0.1) is 18.4 Å². The number of hydrogen-bond donors (Lipinski definition) is 2. The molecule has 0 fully saturated rings. The van der Waals surface area contributed by atoms with Gasteiger partial charge in [-0.15, -0.1) is 0 Å². The van der Waals surface area contributed by atoms with E-state index in [4.69, 9.17) is 5.11 Å². The Kier molecular flexibility index (Phi) is 22.0. The van der Waals surface area contributed by atoms with Crippen molar-refractivity contribution in [3.63, 3.8) is 0 Å². The summed E-state index contributed by atoms with van der Waals surface area (Å²) in [5, 5.41) is 30.8. The SMILES string of the molecule is O.O=C([O-])C[C@H](NCCC(=O)O)C(=O)[O-].[Na+].[Na+]. The van der Waals surface area contributed by atoms with Crippen molar-refractivity contribution >= 4 is 17.9 Å². The van der Waals surface area contributed by atoms with E-state index >= 15 is 0 Å². The van der Waals surface area contributed by atoms with Crippen LogP contribution in [-0.2, 0) is 14.4 Å². The van der Waals surface area contributed by atoms with Crippen LogP contribution >= 0.6 is 0 Å². The fourth-order valence-electron chi connectivity index (χ4n) is 0.759. The molecule has 4 N–H and O–H groups in total. The molecule has 0 saturated carbocycles. The number of carboxylic acid groups (broad SMARTS) is 3. The Morgan fingerprint density at radius 3 is 1.94 bits per heavy atom. The van der Waals surface area contributed by atoms with Crippen molar-refractivity contribution < 1.29 is 94.3 Å². The molecule has 0 spiro atoms. The summed E-state index contributed by atoms with van der Waals surface area (Å²) in [6.07, 6.45) is -1.04. The predicted molar refractivity (Wildman–Crippen MR) is 42.3 cm³/mol. The van der Waals surface area contributed by atoms with Gasteiger partial charge in [0.1, 0.15) is 0 Å². The number of carbonyl (C=O) groups is 3. The van der Waals surface area contributed by atoms with Crippen LogP contribution in [0.15, 0.2) is 0 Å². The van der Waals surface area contributed by atoms with Crippen LogP contribution in [0.2, 0.25) is 0 Å². The second-order valence-corrected chi connectivity index (χ2v) is 2.55. The number of rotatable bonds is 7. The summed E-state index contributed by atoms with van der Waals surface area (Å²) in [7, 11) is 0. The van der Waals surface area contributed by atoms with Crippen molar-refractivity contribution in [2.45, 2.75) is 18.9 Å². The Bertz CT molecular complexity index is 248. The van der Waals surface area contributed by atoms with E-state index < -0.39 is 30.4 Å². The van der Waals surface area contributed by atoms with Crippen LogP contribution in [0.5, 0.6) is 0 Å². The van der Waals surface area contributed by atoms with Gasteiger partial charge in [0, 0.05) is 18.9 Å². The molecule has 88 valence electrons. The van der Waals surface area contributed by atoms with Gasteiger partial charge in [0.25, 0.3) is 0 Å². The summed E-state index contributed by atoms with van der Waals surface area (Å²) in [6.45, 7) is -0.138. The normalized spacial score (nSPS) is 9.88. The number of hydrogen-bond acceptors (Lipinski definition) is 6. The van der Waals surface area contributed by atoms with Gasteiger partial charge in [-0.1, -0.05) is 0 Å². The topological polar surface area (TPSA) is 161 Å². The quantitative estimate of drug-likeness (QED) is 0.432. The Hall–Kier alpha value is 0.330. The molecule has 10 heteroatoms. The van der Waals surface area contributed by atoms with Crippen molar-refractivity contribution in [3.8, 4) is 0 Å². The Labute approximate surface area is 142 Å². The predicted octanol–water partition coefficient (Wildman–Crippen LogP) is -10.5. The summed E-state index contributed by atoms with van der Waals surface area (Å²) in [5.41, 5.74) is 0. The second kappa shape index (κ2) is 14.4. The first kappa shape index (κ1) is 26.0. The molecule has 0 bridgehead atoms. The maximum atomic E-state index is 10.3.